The van der Waals surface area contributed by atoms with E-state index in [1.165, 1.54) is 48.7 Å². The third-order valence-electron chi connectivity index (χ3n) is 4.84. The predicted molar refractivity (Wildman–Crippen MR) is 78.9 cm³/mol. The third kappa shape index (κ3) is 2.42. The first-order valence-corrected chi connectivity index (χ1v) is 7.67. The Bertz CT molecular complexity index is 551. The second-order valence-electron chi connectivity index (χ2n) is 6.33. The molecular formula is C17H22N2. The van der Waals surface area contributed by atoms with E-state index >= 15 is 0 Å². The van der Waals surface area contributed by atoms with Crippen LogP contribution in [-0.4, -0.2) is 11.5 Å². The summed E-state index contributed by atoms with van der Waals surface area (Å²) in [6.45, 7) is 2.22. The van der Waals surface area contributed by atoms with Gasteiger partial charge in [0.25, 0.3) is 0 Å². The van der Waals surface area contributed by atoms with Crippen LogP contribution < -0.4 is 5.32 Å². The fourth-order valence-corrected chi connectivity index (χ4v) is 3.45. The summed E-state index contributed by atoms with van der Waals surface area (Å²) in [5, 5.41) is 5.08. The molecule has 2 heteroatoms. The fraction of sp³-hybridized carbons (Fsp3) is 0.529. The van der Waals surface area contributed by atoms with E-state index in [9.17, 15) is 0 Å². The van der Waals surface area contributed by atoms with Crippen LogP contribution in [0, 0.1) is 17.8 Å². The molecule has 0 spiro atoms. The number of hydrogen-bond donors (Lipinski definition) is 2. The summed E-state index contributed by atoms with van der Waals surface area (Å²) in [6, 6.07) is 8.73. The molecule has 100 valence electrons. The molecule has 2 saturated carbocycles. The molecule has 0 radical (unpaired) electrons. The molecule has 0 aliphatic heterocycles. The molecule has 0 unspecified atom stereocenters. The molecule has 2 aliphatic carbocycles. The second kappa shape index (κ2) is 4.68. The van der Waals surface area contributed by atoms with Crippen LogP contribution in [0.15, 0.2) is 30.5 Å². The molecule has 19 heavy (non-hydrogen) atoms. The van der Waals surface area contributed by atoms with Gasteiger partial charge in [0.15, 0.2) is 0 Å². The molecule has 0 bridgehead atoms. The van der Waals surface area contributed by atoms with Gasteiger partial charge in [-0.2, -0.15) is 0 Å². The van der Waals surface area contributed by atoms with E-state index < -0.39 is 0 Å². The average molecular weight is 254 g/mol. The Labute approximate surface area is 114 Å². The lowest BCUT2D eigenvalue weighted by Crippen LogP contribution is -2.25. The van der Waals surface area contributed by atoms with E-state index in [2.05, 4.69) is 34.6 Å². The van der Waals surface area contributed by atoms with Crippen molar-refractivity contribution in [2.75, 3.05) is 6.54 Å². The zero-order valence-corrected chi connectivity index (χ0v) is 11.4. The first kappa shape index (κ1) is 11.5. The minimum absolute atomic E-state index is 0.963. The van der Waals surface area contributed by atoms with E-state index in [-0.39, 0.29) is 0 Å². The van der Waals surface area contributed by atoms with Crippen molar-refractivity contribution in [1.82, 2.24) is 10.3 Å². The Balaban J connectivity index is 1.40. The molecule has 0 atom stereocenters. The number of benzene rings is 1. The minimum atomic E-state index is 0.963. The first-order valence-electron chi connectivity index (χ1n) is 7.67. The molecule has 0 amide bonds. The van der Waals surface area contributed by atoms with Gasteiger partial charge in [0.05, 0.1) is 0 Å². The number of aromatic amines is 1. The van der Waals surface area contributed by atoms with Crippen molar-refractivity contribution < 1.29 is 0 Å². The Kier molecular flexibility index (Phi) is 2.84. The minimum Gasteiger partial charge on any atom is -0.361 e. The smallest absolute Gasteiger partial charge is 0.0457 e. The van der Waals surface area contributed by atoms with Gasteiger partial charge in [0, 0.05) is 23.6 Å². The van der Waals surface area contributed by atoms with Crippen LogP contribution >= 0.6 is 0 Å². The quantitative estimate of drug-likeness (QED) is 0.808. The summed E-state index contributed by atoms with van der Waals surface area (Å²) in [6.07, 6.45) is 7.96. The topological polar surface area (TPSA) is 27.8 Å². The van der Waals surface area contributed by atoms with E-state index in [1.54, 1.807) is 0 Å². The molecule has 2 fully saturated rings. The van der Waals surface area contributed by atoms with E-state index in [0.29, 0.717) is 0 Å². The highest BCUT2D eigenvalue weighted by Crippen LogP contribution is 2.48. The van der Waals surface area contributed by atoms with Crippen molar-refractivity contribution >= 4 is 10.9 Å². The van der Waals surface area contributed by atoms with Crippen molar-refractivity contribution in [3.8, 4) is 0 Å². The van der Waals surface area contributed by atoms with E-state index in [1.807, 2.05) is 6.20 Å². The molecule has 2 N–H and O–H groups in total. The Hall–Kier alpha value is -1.28. The number of hydrogen-bond acceptors (Lipinski definition) is 1. The summed E-state index contributed by atoms with van der Waals surface area (Å²) < 4.78 is 0. The molecule has 4 rings (SSSR count). The first-order chi connectivity index (χ1) is 9.42. The molecule has 1 aromatic carbocycles. The SMILES string of the molecule is c1cc(CNCC(C2CC2)C2CC2)c2cc[nH]c2c1. The molecule has 2 aromatic rings. The largest absolute Gasteiger partial charge is 0.361 e. The van der Waals surface area contributed by atoms with Crippen molar-refractivity contribution in [3.05, 3.63) is 36.0 Å². The number of H-pyrrole nitrogens is 1. The van der Waals surface area contributed by atoms with Crippen LogP contribution in [0.3, 0.4) is 0 Å². The average Bonchev–Trinajstić information content (AvgIpc) is 3.34. The highest BCUT2D eigenvalue weighted by atomic mass is 14.9. The van der Waals surface area contributed by atoms with Crippen molar-refractivity contribution in [2.24, 2.45) is 17.8 Å². The van der Waals surface area contributed by atoms with Crippen LogP contribution in [0.5, 0.6) is 0 Å². The van der Waals surface area contributed by atoms with Gasteiger partial charge in [-0.25, -0.2) is 0 Å². The molecular weight excluding hydrogens is 232 g/mol. The summed E-state index contributed by atoms with van der Waals surface area (Å²) in [7, 11) is 0. The van der Waals surface area contributed by atoms with Crippen molar-refractivity contribution in [3.63, 3.8) is 0 Å². The molecule has 1 aromatic heterocycles. The zero-order chi connectivity index (χ0) is 12.7. The van der Waals surface area contributed by atoms with Crippen molar-refractivity contribution in [2.45, 2.75) is 32.2 Å². The zero-order valence-electron chi connectivity index (χ0n) is 11.4. The maximum Gasteiger partial charge on any atom is 0.0457 e. The lowest BCUT2D eigenvalue weighted by atomic mass is 9.98. The van der Waals surface area contributed by atoms with Gasteiger partial charge in [-0.15, -0.1) is 0 Å². The summed E-state index contributed by atoms with van der Waals surface area (Å²) in [4.78, 5) is 3.29. The summed E-state index contributed by atoms with van der Waals surface area (Å²) in [5.41, 5.74) is 2.67. The maximum atomic E-state index is 3.71. The second-order valence-corrected chi connectivity index (χ2v) is 6.33. The van der Waals surface area contributed by atoms with Crippen molar-refractivity contribution in [1.29, 1.82) is 0 Å². The van der Waals surface area contributed by atoms with Gasteiger partial charge in [-0.3, -0.25) is 0 Å². The van der Waals surface area contributed by atoms with E-state index in [0.717, 1.165) is 24.3 Å². The van der Waals surface area contributed by atoms with Gasteiger partial charge in [-0.1, -0.05) is 12.1 Å². The molecule has 2 nitrogen and oxygen atoms in total. The van der Waals surface area contributed by atoms with Crippen LogP contribution in [0.1, 0.15) is 31.2 Å². The third-order valence-corrected chi connectivity index (χ3v) is 4.84. The lowest BCUT2D eigenvalue weighted by Gasteiger charge is -2.16. The maximum absolute atomic E-state index is 3.71. The summed E-state index contributed by atoms with van der Waals surface area (Å²) in [5.74, 6) is 3.05. The fourth-order valence-electron chi connectivity index (χ4n) is 3.45. The Morgan fingerprint density at radius 2 is 1.89 bits per heavy atom. The molecule has 0 saturated heterocycles. The van der Waals surface area contributed by atoms with Crippen LogP contribution in [0.2, 0.25) is 0 Å². The van der Waals surface area contributed by atoms with Crippen LogP contribution in [-0.2, 0) is 6.54 Å². The normalized spacial score (nSPS) is 19.4. The highest BCUT2D eigenvalue weighted by molar-refractivity contribution is 5.82. The van der Waals surface area contributed by atoms with Gasteiger partial charge in [-0.05, 0) is 67.7 Å². The standard InChI is InChI=1S/C17H22N2/c1-2-14(15-8-9-19-17(15)3-1)10-18-11-16(12-4-5-12)13-6-7-13/h1-3,8-9,12-13,16,18-19H,4-7,10-11H2. The lowest BCUT2D eigenvalue weighted by molar-refractivity contribution is 0.379. The number of nitrogens with one attached hydrogen (secondary N) is 2. The monoisotopic (exact) mass is 254 g/mol. The number of fused-ring (bicyclic) bond motifs is 1. The van der Waals surface area contributed by atoms with Gasteiger partial charge >= 0.3 is 0 Å². The number of aromatic nitrogens is 1. The van der Waals surface area contributed by atoms with Gasteiger partial charge < -0.3 is 10.3 Å². The van der Waals surface area contributed by atoms with Crippen LogP contribution in [0.25, 0.3) is 10.9 Å². The summed E-state index contributed by atoms with van der Waals surface area (Å²) >= 11 is 0. The van der Waals surface area contributed by atoms with Crippen LogP contribution in [0.4, 0.5) is 0 Å². The van der Waals surface area contributed by atoms with E-state index in [4.69, 9.17) is 0 Å². The predicted octanol–water partition coefficient (Wildman–Crippen LogP) is 3.69. The van der Waals surface area contributed by atoms with Gasteiger partial charge in [0.1, 0.15) is 0 Å². The Morgan fingerprint density at radius 1 is 1.11 bits per heavy atom. The Morgan fingerprint density at radius 3 is 2.63 bits per heavy atom. The highest BCUT2D eigenvalue weighted by Gasteiger charge is 2.40. The molecule has 2 aliphatic rings. The van der Waals surface area contributed by atoms with Gasteiger partial charge in [0.2, 0.25) is 0 Å². The molecule has 1 heterocycles. The number of rotatable bonds is 6.